The van der Waals surface area contributed by atoms with E-state index in [1.54, 1.807) is 24.3 Å². The van der Waals surface area contributed by atoms with Gasteiger partial charge in [-0.1, -0.05) is 217 Å². The van der Waals surface area contributed by atoms with E-state index in [1.807, 2.05) is 107 Å². The van der Waals surface area contributed by atoms with Gasteiger partial charge in [0.15, 0.2) is 19.2 Å². The van der Waals surface area contributed by atoms with Crippen LogP contribution in [-0.2, 0) is 38.0 Å². The molecule has 9 unspecified atom stereocenters. The number of phenols is 2. The van der Waals surface area contributed by atoms with Crippen molar-refractivity contribution >= 4 is 5.97 Å². The Kier molecular flexibility index (Phi) is 61.1. The van der Waals surface area contributed by atoms with Gasteiger partial charge in [-0.05, 0) is 371 Å². The lowest BCUT2D eigenvalue weighted by Gasteiger charge is -2.29. The summed E-state index contributed by atoms with van der Waals surface area (Å²) >= 11 is 0. The first-order valence-electron chi connectivity index (χ1n) is 49.3. The van der Waals surface area contributed by atoms with Crippen molar-refractivity contribution in [3.05, 3.63) is 220 Å². The molecule has 716 valence electrons. The Labute approximate surface area is 776 Å². The molecule has 9 atom stereocenters. The summed E-state index contributed by atoms with van der Waals surface area (Å²) < 4.78 is 55.4. The van der Waals surface area contributed by atoms with Crippen LogP contribution >= 0.6 is 0 Å². The Morgan fingerprint density at radius 2 is 0.598 bits per heavy atom. The second kappa shape index (κ2) is 67.0. The van der Waals surface area contributed by atoms with Gasteiger partial charge >= 0.3 is 5.97 Å². The molecule has 0 spiro atoms. The lowest BCUT2D eigenvalue weighted by atomic mass is 9.83. The first-order chi connectivity index (χ1) is 60.4. The molecule has 127 heavy (non-hydrogen) atoms. The summed E-state index contributed by atoms with van der Waals surface area (Å²) in [4.78, 5) is 11.5. The molecule has 2 N–H and O–H groups in total. The Morgan fingerprint density at radius 1 is 0.346 bits per heavy atom. The average molecular weight is 1760 g/mol. The summed E-state index contributed by atoms with van der Waals surface area (Å²) in [6.07, 6.45) is 22.1. The molecule has 13 nitrogen and oxygen atoms in total. The molecule has 1 aliphatic heterocycles. The van der Waals surface area contributed by atoms with Crippen LogP contribution in [-0.4, -0.2) is 105 Å². The highest BCUT2D eigenvalue weighted by Gasteiger charge is 2.25. The van der Waals surface area contributed by atoms with Crippen molar-refractivity contribution in [3.63, 3.8) is 0 Å². The molecular weight excluding hydrogens is 1580 g/mol. The number of hydrogen-bond acceptors (Lipinski definition) is 13. The van der Waals surface area contributed by atoms with Crippen LogP contribution in [0.3, 0.4) is 0 Å². The lowest BCUT2D eigenvalue weighted by molar-refractivity contribution is -0.157. The quantitative estimate of drug-likeness (QED) is 0.0287. The van der Waals surface area contributed by atoms with Crippen molar-refractivity contribution in [2.24, 2.45) is 23.7 Å². The zero-order chi connectivity index (χ0) is 94.8. The van der Waals surface area contributed by atoms with Crippen molar-refractivity contribution in [1.82, 2.24) is 0 Å². The zero-order valence-corrected chi connectivity index (χ0v) is 85.3. The second-order valence-corrected chi connectivity index (χ2v) is 37.8. The lowest BCUT2D eigenvalue weighted by Crippen LogP contribution is -2.27. The topological polar surface area (TPSA) is 150 Å². The van der Waals surface area contributed by atoms with Gasteiger partial charge in [-0.15, -0.1) is 0 Å². The number of benzene rings is 7. The number of phenolic OH excluding ortho intramolecular Hbond substituents is 2. The molecule has 0 aromatic heterocycles. The number of hydrogen-bond donors (Lipinski definition) is 2. The maximum atomic E-state index is 11.5. The minimum absolute atomic E-state index is 0.0329. The molecule has 2 aliphatic carbocycles. The maximum absolute atomic E-state index is 11.5. The van der Waals surface area contributed by atoms with E-state index >= 15 is 0 Å². The number of rotatable bonds is 35. The van der Waals surface area contributed by atoms with Crippen LogP contribution in [0.2, 0.25) is 0 Å². The number of aromatic hydroxyl groups is 2. The van der Waals surface area contributed by atoms with E-state index in [0.717, 1.165) is 107 Å². The van der Waals surface area contributed by atoms with E-state index in [0.29, 0.717) is 89.7 Å². The van der Waals surface area contributed by atoms with Crippen molar-refractivity contribution < 1.29 is 62.4 Å². The molecule has 7 aromatic carbocycles. The highest BCUT2D eigenvalue weighted by molar-refractivity contribution is 5.71. The van der Waals surface area contributed by atoms with Gasteiger partial charge in [-0.25, -0.2) is 4.79 Å². The molecule has 0 amide bonds. The standard InChI is InChI=1S/C16H24O3.C14H20O2.2C14H28O2.C14H22O2.2C11H16.2C10H14O/c1-6-12(2)13-7-9-14(10-8-13)18-11-15(17)19-16(3,4)5;1-3-11(2)12-6-8-13(9-7-12)16-14-5-4-10-15-14;2*1-11(2)15-9-13-5-7-14(8-6-13)10-16-12(3)4;1-5-11(3)13-7-9-14(10-8-13)16-12(4)15-6-2;2*1-4-10(3)11-7-5-9(2)6-8-11;2*1-3-8(2)9-4-6-10(11)7-5-9/h7-10,12H,6,11H2,1-5H3;6-9,11,14H,3-5,10H2,1-2H3;2*11-14H,5-10H2,1-4H3;7-12H,5-6H2,1-4H3;2*5-8,10H,4H2,1-3H3;2*4-8,11H,3H2,1-2H3. The molecular formula is C114H182O13. The van der Waals surface area contributed by atoms with Gasteiger partial charge in [0, 0.05) is 39.5 Å². The molecule has 0 radical (unpaired) electrons. The Balaban J connectivity index is 0.000000487. The molecule has 7 aromatic rings. The van der Waals surface area contributed by atoms with Gasteiger partial charge in [-0.2, -0.15) is 0 Å². The van der Waals surface area contributed by atoms with E-state index in [4.69, 9.17) is 57.6 Å². The molecule has 13 heteroatoms. The highest BCUT2D eigenvalue weighted by atomic mass is 16.7. The van der Waals surface area contributed by atoms with Crippen LogP contribution in [0.5, 0.6) is 28.7 Å². The van der Waals surface area contributed by atoms with Crippen molar-refractivity contribution in [2.75, 3.05) is 46.2 Å². The van der Waals surface area contributed by atoms with Crippen LogP contribution in [0.4, 0.5) is 0 Å². The molecule has 3 aliphatic rings. The first-order valence-corrected chi connectivity index (χ1v) is 49.3. The average Bonchev–Trinajstić information content (AvgIpc) is 1.71. The predicted molar refractivity (Wildman–Crippen MR) is 537 cm³/mol. The molecule has 1 heterocycles. The summed E-state index contributed by atoms with van der Waals surface area (Å²) in [5.41, 5.74) is 11.7. The van der Waals surface area contributed by atoms with Crippen LogP contribution in [0.15, 0.2) is 170 Å². The predicted octanol–water partition coefficient (Wildman–Crippen LogP) is 31.7. The zero-order valence-electron chi connectivity index (χ0n) is 85.3. The van der Waals surface area contributed by atoms with Crippen LogP contribution in [0.1, 0.15) is 388 Å². The summed E-state index contributed by atoms with van der Waals surface area (Å²) in [6.45, 7) is 66.7. The van der Waals surface area contributed by atoms with Gasteiger partial charge in [0.1, 0.15) is 34.3 Å². The number of ether oxygens (including phenoxy) is 10. The van der Waals surface area contributed by atoms with Crippen LogP contribution < -0.4 is 14.2 Å². The highest BCUT2D eigenvalue weighted by Crippen LogP contribution is 2.33. The van der Waals surface area contributed by atoms with E-state index in [2.05, 4.69) is 239 Å². The third-order valence-electron chi connectivity index (χ3n) is 24.1. The fourth-order valence-corrected chi connectivity index (χ4v) is 13.9. The fraction of sp³-hybridized carbons (Fsp3) is 0.623. The molecule has 1 saturated heterocycles. The van der Waals surface area contributed by atoms with Crippen molar-refractivity contribution in [1.29, 1.82) is 0 Å². The van der Waals surface area contributed by atoms with Gasteiger partial charge in [0.05, 0.1) is 31.0 Å². The number of aryl methyl sites for hydroxylation is 2. The Morgan fingerprint density at radius 3 is 0.835 bits per heavy atom. The number of carbonyl (C=O) groups is 1. The monoisotopic (exact) mass is 1760 g/mol. The Bertz CT molecular complexity index is 3470. The minimum Gasteiger partial charge on any atom is -0.508 e. The van der Waals surface area contributed by atoms with Gasteiger partial charge < -0.3 is 57.6 Å². The van der Waals surface area contributed by atoms with Crippen molar-refractivity contribution in [2.45, 2.75) is 394 Å². The minimum atomic E-state index is -0.471. The molecule has 0 bridgehead atoms. The summed E-state index contributed by atoms with van der Waals surface area (Å²) in [5.74, 6) is 10.3. The van der Waals surface area contributed by atoms with Crippen LogP contribution in [0, 0.1) is 37.5 Å². The summed E-state index contributed by atoms with van der Waals surface area (Å²) in [5, 5.41) is 18.0. The largest absolute Gasteiger partial charge is 0.508 e. The van der Waals surface area contributed by atoms with E-state index in [1.165, 1.54) is 121 Å². The van der Waals surface area contributed by atoms with Gasteiger partial charge in [-0.3, -0.25) is 0 Å². The van der Waals surface area contributed by atoms with Crippen LogP contribution in [0.25, 0.3) is 0 Å². The third kappa shape index (κ3) is 54.3. The van der Waals surface area contributed by atoms with Gasteiger partial charge in [0.25, 0.3) is 0 Å². The van der Waals surface area contributed by atoms with E-state index in [9.17, 15) is 4.79 Å². The molecule has 2 saturated carbocycles. The SMILES string of the molecule is CC(C)OCC1CCC(COC(C)C)CC1.CC(C)OCC1CCC(COC(C)C)CC1.CCC(C)c1ccc(C)cc1.CCC(C)c1ccc(C)cc1.CCC(C)c1ccc(O)cc1.CCC(C)c1ccc(O)cc1.CCC(C)c1ccc(OC2CCCO2)cc1.CCC(C)c1ccc(OCC(=O)OC(C)(C)C)cc1.CCOC(C)Oc1ccc(C(C)CC)cc1. The summed E-state index contributed by atoms with van der Waals surface area (Å²) in [7, 11) is 0. The maximum Gasteiger partial charge on any atom is 0.344 e. The third-order valence-corrected chi connectivity index (χ3v) is 24.1. The normalized spacial score (nSPS) is 17.7. The second-order valence-electron chi connectivity index (χ2n) is 37.8. The first kappa shape index (κ1) is 116. The van der Waals surface area contributed by atoms with E-state index < -0.39 is 5.60 Å². The molecule has 10 rings (SSSR count). The fourth-order valence-electron chi connectivity index (χ4n) is 13.9. The van der Waals surface area contributed by atoms with E-state index in [-0.39, 0.29) is 25.2 Å². The number of carbonyl (C=O) groups excluding carboxylic acids is 1. The van der Waals surface area contributed by atoms with Crippen molar-refractivity contribution in [3.8, 4) is 28.7 Å². The smallest absolute Gasteiger partial charge is 0.344 e. The van der Waals surface area contributed by atoms with Gasteiger partial charge in [0.2, 0.25) is 0 Å². The Hall–Kier alpha value is -7.23. The molecule has 3 fully saturated rings. The summed E-state index contributed by atoms with van der Waals surface area (Å²) in [6, 6.07) is 57.0. The number of esters is 1.